The Morgan fingerprint density at radius 1 is 1.00 bits per heavy atom. The number of aliphatic carboxylic acids is 2. The van der Waals surface area contributed by atoms with E-state index in [1.807, 2.05) is 0 Å². The molecule has 4 atom stereocenters. The highest BCUT2D eigenvalue weighted by Gasteiger charge is 2.29. The second kappa shape index (κ2) is 12.4. The first-order valence-corrected chi connectivity index (χ1v) is 9.51. The third-order valence-electron chi connectivity index (χ3n) is 4.44. The number of amides is 4. The van der Waals surface area contributed by atoms with Crippen molar-refractivity contribution in [3.63, 3.8) is 0 Å². The van der Waals surface area contributed by atoms with Crippen LogP contribution < -0.4 is 27.0 Å². The Bertz CT molecular complexity index is 714. The molecule has 9 N–H and O–H groups in total. The smallest absolute Gasteiger partial charge is 0.326 e. The highest BCUT2D eigenvalue weighted by molar-refractivity contribution is 5.93. The molecule has 4 amide bonds. The number of carboxylic acids is 2. The van der Waals surface area contributed by atoms with Crippen LogP contribution in [0, 0.1) is 0 Å². The van der Waals surface area contributed by atoms with Gasteiger partial charge in [-0.05, 0) is 19.3 Å². The fourth-order valence-electron chi connectivity index (χ4n) is 2.81. The third kappa shape index (κ3) is 9.86. The summed E-state index contributed by atoms with van der Waals surface area (Å²) in [4.78, 5) is 69.4. The van der Waals surface area contributed by atoms with Gasteiger partial charge in [0.2, 0.25) is 23.6 Å². The number of aliphatic hydroxyl groups excluding tert-OH is 1. The molecule has 0 spiro atoms. The minimum absolute atomic E-state index is 0.185. The van der Waals surface area contributed by atoms with E-state index in [9.17, 15) is 33.9 Å². The van der Waals surface area contributed by atoms with Crippen molar-refractivity contribution in [1.82, 2.24) is 21.3 Å². The molecular formula is C17H27N5O9. The van der Waals surface area contributed by atoms with Crippen molar-refractivity contribution in [1.29, 1.82) is 0 Å². The quantitative estimate of drug-likeness (QED) is 0.137. The van der Waals surface area contributed by atoms with Gasteiger partial charge in [0.05, 0.1) is 18.7 Å². The zero-order valence-electron chi connectivity index (χ0n) is 16.6. The van der Waals surface area contributed by atoms with Gasteiger partial charge in [-0.15, -0.1) is 0 Å². The number of β-amino-alcohol motifs (C(OH)–C–C–N with tert-alkyl or cyclic N) is 1. The number of primary amides is 1. The van der Waals surface area contributed by atoms with Gasteiger partial charge in [-0.1, -0.05) is 0 Å². The van der Waals surface area contributed by atoms with Crippen LogP contribution in [0.5, 0.6) is 0 Å². The predicted octanol–water partition coefficient (Wildman–Crippen LogP) is -3.99. The van der Waals surface area contributed by atoms with Crippen molar-refractivity contribution in [2.75, 3.05) is 13.1 Å². The molecule has 1 heterocycles. The molecule has 14 heteroatoms. The van der Waals surface area contributed by atoms with E-state index in [1.54, 1.807) is 0 Å². The Balaban J connectivity index is 2.66. The molecule has 0 aromatic carbocycles. The number of aliphatic hydroxyl groups is 1. The van der Waals surface area contributed by atoms with Gasteiger partial charge in [0.25, 0.3) is 0 Å². The molecular weight excluding hydrogens is 418 g/mol. The lowest BCUT2D eigenvalue weighted by Gasteiger charge is -2.21. The normalized spacial score (nSPS) is 19.6. The van der Waals surface area contributed by atoms with Crippen LogP contribution >= 0.6 is 0 Å². The van der Waals surface area contributed by atoms with Crippen molar-refractivity contribution < 1.29 is 44.1 Å². The van der Waals surface area contributed by atoms with E-state index in [2.05, 4.69) is 21.3 Å². The van der Waals surface area contributed by atoms with Crippen molar-refractivity contribution in [2.45, 2.75) is 56.3 Å². The van der Waals surface area contributed by atoms with E-state index in [-0.39, 0.29) is 32.2 Å². The van der Waals surface area contributed by atoms with E-state index in [1.165, 1.54) is 0 Å². The van der Waals surface area contributed by atoms with Crippen molar-refractivity contribution in [3.8, 4) is 0 Å². The number of nitrogens with one attached hydrogen (secondary N) is 4. The first-order chi connectivity index (χ1) is 14.5. The monoisotopic (exact) mass is 445 g/mol. The zero-order chi connectivity index (χ0) is 23.6. The highest BCUT2D eigenvalue weighted by Crippen LogP contribution is 2.06. The summed E-state index contributed by atoms with van der Waals surface area (Å²) in [5.41, 5.74) is 5.05. The molecule has 0 saturated carbocycles. The van der Waals surface area contributed by atoms with Crippen LogP contribution in [0.2, 0.25) is 0 Å². The lowest BCUT2D eigenvalue weighted by Crippen LogP contribution is -2.54. The topological polar surface area (TPSA) is 237 Å². The number of carbonyl (C=O) groups excluding carboxylic acids is 4. The molecule has 174 valence electrons. The van der Waals surface area contributed by atoms with Crippen LogP contribution in [0.4, 0.5) is 0 Å². The van der Waals surface area contributed by atoms with Gasteiger partial charge in [0, 0.05) is 19.4 Å². The molecule has 14 nitrogen and oxygen atoms in total. The summed E-state index contributed by atoms with van der Waals surface area (Å²) in [5, 5.41) is 36.7. The van der Waals surface area contributed by atoms with Gasteiger partial charge in [-0.2, -0.15) is 0 Å². The fraction of sp³-hybridized carbons (Fsp3) is 0.647. The third-order valence-corrected chi connectivity index (χ3v) is 4.44. The van der Waals surface area contributed by atoms with Crippen molar-refractivity contribution in [2.24, 2.45) is 5.73 Å². The molecule has 0 bridgehead atoms. The summed E-state index contributed by atoms with van der Waals surface area (Å²) in [5.74, 6) is -5.73. The number of nitrogens with two attached hydrogens (primary N) is 1. The number of rotatable bonds is 13. The van der Waals surface area contributed by atoms with E-state index < -0.39 is 72.8 Å². The Morgan fingerprint density at radius 3 is 2.16 bits per heavy atom. The summed E-state index contributed by atoms with van der Waals surface area (Å²) in [6.07, 6.45) is -1.90. The second-order valence-electron chi connectivity index (χ2n) is 7.03. The van der Waals surface area contributed by atoms with Gasteiger partial charge in [-0.25, -0.2) is 4.79 Å². The summed E-state index contributed by atoms with van der Waals surface area (Å²) in [7, 11) is 0. The maximum atomic E-state index is 12.4. The zero-order valence-corrected chi connectivity index (χ0v) is 16.6. The molecule has 1 fully saturated rings. The summed E-state index contributed by atoms with van der Waals surface area (Å²) in [6.45, 7) is -0.263. The molecule has 0 aromatic heterocycles. The average Bonchev–Trinajstić information content (AvgIpc) is 3.12. The number of carboxylic acid groups (broad SMARTS) is 2. The van der Waals surface area contributed by atoms with Crippen LogP contribution in [0.25, 0.3) is 0 Å². The van der Waals surface area contributed by atoms with Gasteiger partial charge < -0.3 is 42.3 Å². The first-order valence-electron chi connectivity index (χ1n) is 9.51. The molecule has 1 saturated heterocycles. The van der Waals surface area contributed by atoms with E-state index in [4.69, 9.17) is 15.9 Å². The minimum atomic E-state index is -1.52. The molecule has 31 heavy (non-hydrogen) atoms. The highest BCUT2D eigenvalue weighted by atomic mass is 16.4. The average molecular weight is 445 g/mol. The van der Waals surface area contributed by atoms with Crippen LogP contribution in [0.3, 0.4) is 0 Å². The second-order valence-corrected chi connectivity index (χ2v) is 7.03. The number of hydrogen-bond donors (Lipinski definition) is 8. The number of hydrogen-bond acceptors (Lipinski definition) is 8. The van der Waals surface area contributed by atoms with Gasteiger partial charge in [-0.3, -0.25) is 24.0 Å². The van der Waals surface area contributed by atoms with Crippen LogP contribution in [0.15, 0.2) is 0 Å². The predicted molar refractivity (Wildman–Crippen MR) is 102 cm³/mol. The van der Waals surface area contributed by atoms with Gasteiger partial charge >= 0.3 is 11.9 Å². The van der Waals surface area contributed by atoms with E-state index >= 15 is 0 Å². The summed E-state index contributed by atoms with van der Waals surface area (Å²) < 4.78 is 0. The maximum Gasteiger partial charge on any atom is 0.326 e. The Labute approximate surface area is 176 Å². The van der Waals surface area contributed by atoms with E-state index in [0.29, 0.717) is 0 Å². The summed E-state index contributed by atoms with van der Waals surface area (Å²) in [6, 6.07) is -3.52. The van der Waals surface area contributed by atoms with Crippen LogP contribution in [-0.2, 0) is 28.8 Å². The molecule has 1 rings (SSSR count). The minimum Gasteiger partial charge on any atom is -0.481 e. The first kappa shape index (κ1) is 25.8. The van der Waals surface area contributed by atoms with Crippen LogP contribution in [-0.4, -0.2) is 88.2 Å². The number of carbonyl (C=O) groups is 6. The molecule has 1 aliphatic heterocycles. The van der Waals surface area contributed by atoms with Crippen molar-refractivity contribution in [3.05, 3.63) is 0 Å². The Morgan fingerprint density at radius 2 is 1.65 bits per heavy atom. The lowest BCUT2D eigenvalue weighted by atomic mass is 10.1. The molecule has 0 radical (unpaired) electrons. The van der Waals surface area contributed by atoms with Crippen LogP contribution in [0.1, 0.15) is 32.1 Å². The molecule has 0 aliphatic carbocycles. The largest absolute Gasteiger partial charge is 0.481 e. The van der Waals surface area contributed by atoms with Gasteiger partial charge in [0.1, 0.15) is 12.1 Å². The Hall–Kier alpha value is -3.26. The lowest BCUT2D eigenvalue weighted by molar-refractivity contribution is -0.143. The summed E-state index contributed by atoms with van der Waals surface area (Å²) >= 11 is 0. The molecule has 0 unspecified atom stereocenters. The maximum absolute atomic E-state index is 12.4. The van der Waals surface area contributed by atoms with Crippen molar-refractivity contribution >= 4 is 35.6 Å². The SMILES string of the molecule is NC(=O)CC[C@H](NC(=O)CNC(=O)[C@@H]1C[C@@H](O)CN1)C(=O)N[C@@H](CCC(=O)O)C(=O)O. The van der Waals surface area contributed by atoms with Gasteiger partial charge in [0.15, 0.2) is 0 Å². The fourth-order valence-corrected chi connectivity index (χ4v) is 2.81. The molecule has 1 aliphatic rings. The van der Waals surface area contributed by atoms with E-state index in [0.717, 1.165) is 0 Å². The standard InChI is InChI=1S/C17H27N5O9/c18-12(24)3-1-9(16(29)22-10(17(30)31)2-4-14(26)27)21-13(25)7-20-15(28)11-5-8(23)6-19-11/h8-11,19,23H,1-7H2,(H2,18,24)(H,20,28)(H,21,25)(H,22,29)(H,26,27)(H,30,31)/t8-,9+,10+,11+/m1/s1. The molecule has 0 aromatic rings. The Kier molecular flexibility index (Phi) is 10.3.